The minimum atomic E-state index is -0.449. The Hall–Kier alpha value is -3.15. The zero-order chi connectivity index (χ0) is 15.9. The van der Waals surface area contributed by atoms with E-state index in [-0.39, 0.29) is 40.1 Å². The number of phenols is 2. The van der Waals surface area contributed by atoms with E-state index in [1.165, 1.54) is 19.2 Å². The summed E-state index contributed by atoms with van der Waals surface area (Å²) in [5, 5.41) is 29.5. The van der Waals surface area contributed by atoms with Gasteiger partial charge in [0.2, 0.25) is 5.75 Å². The fourth-order valence-corrected chi connectivity index (χ4v) is 2.26. The number of ether oxygens (including phenoxy) is 1. The van der Waals surface area contributed by atoms with Crippen molar-refractivity contribution in [3.8, 4) is 45.6 Å². The lowest BCUT2D eigenvalue weighted by atomic mass is 10.0. The molecule has 6 nitrogen and oxygen atoms in total. The van der Waals surface area contributed by atoms with Crippen LogP contribution in [-0.2, 0) is 0 Å². The Kier molecular flexibility index (Phi) is 3.14. The zero-order valence-corrected chi connectivity index (χ0v) is 11.5. The van der Waals surface area contributed by atoms with E-state index in [0.29, 0.717) is 5.56 Å². The Labute approximate surface area is 124 Å². The van der Waals surface area contributed by atoms with Crippen LogP contribution in [0.2, 0.25) is 0 Å². The maximum absolute atomic E-state index is 11.5. The Morgan fingerprint density at radius 1 is 1.05 bits per heavy atom. The predicted molar refractivity (Wildman–Crippen MR) is 78.6 cm³/mol. The van der Waals surface area contributed by atoms with E-state index in [2.05, 4.69) is 0 Å². The molecular formula is C16H12O6. The van der Waals surface area contributed by atoms with Crippen LogP contribution in [0.15, 0.2) is 45.6 Å². The lowest BCUT2D eigenvalue weighted by Crippen LogP contribution is -2.01. The zero-order valence-electron chi connectivity index (χ0n) is 11.5. The molecule has 1 aromatic carbocycles. The van der Waals surface area contributed by atoms with E-state index >= 15 is 0 Å². The van der Waals surface area contributed by atoms with Crippen molar-refractivity contribution in [1.82, 2.24) is 0 Å². The van der Waals surface area contributed by atoms with Crippen molar-refractivity contribution in [2.75, 3.05) is 7.11 Å². The van der Waals surface area contributed by atoms with Gasteiger partial charge in [0.15, 0.2) is 16.9 Å². The molecule has 2 aliphatic rings. The molecule has 0 saturated heterocycles. The molecule has 1 heterocycles. The van der Waals surface area contributed by atoms with Crippen molar-refractivity contribution < 1.29 is 24.5 Å². The summed E-state index contributed by atoms with van der Waals surface area (Å²) in [7, 11) is 1.35. The van der Waals surface area contributed by atoms with Gasteiger partial charge in [0, 0.05) is 17.7 Å². The monoisotopic (exact) mass is 300 g/mol. The number of fused-ring (bicyclic) bond motifs is 1. The van der Waals surface area contributed by atoms with Crippen LogP contribution in [0.4, 0.5) is 0 Å². The van der Waals surface area contributed by atoms with Crippen LogP contribution >= 0.6 is 0 Å². The van der Waals surface area contributed by atoms with Crippen LogP contribution in [0.5, 0.6) is 23.0 Å². The molecule has 1 aromatic rings. The van der Waals surface area contributed by atoms with Gasteiger partial charge >= 0.3 is 0 Å². The molecular weight excluding hydrogens is 288 g/mol. The second kappa shape index (κ2) is 5.00. The van der Waals surface area contributed by atoms with Crippen molar-refractivity contribution in [3.63, 3.8) is 0 Å². The summed E-state index contributed by atoms with van der Waals surface area (Å²) in [6.07, 6.45) is 0. The lowest BCUT2D eigenvalue weighted by Gasteiger charge is -2.16. The van der Waals surface area contributed by atoms with Crippen LogP contribution in [0.3, 0.4) is 0 Å². The molecule has 6 heteroatoms. The van der Waals surface area contributed by atoms with Crippen molar-refractivity contribution in [1.29, 1.82) is 0 Å². The number of phenolic OH excluding ortho intramolecular Hbond substituents is 2. The molecule has 0 amide bonds. The lowest BCUT2D eigenvalue weighted by molar-refractivity contribution is 0.356. The summed E-state index contributed by atoms with van der Waals surface area (Å²) < 4.78 is 10.8. The Morgan fingerprint density at radius 3 is 2.36 bits per heavy atom. The third kappa shape index (κ3) is 2.10. The number of hydrogen-bond donors (Lipinski definition) is 3. The van der Waals surface area contributed by atoms with E-state index in [1.54, 1.807) is 12.1 Å². The maximum Gasteiger partial charge on any atom is 0.205 e. The van der Waals surface area contributed by atoms with E-state index in [4.69, 9.17) is 9.15 Å². The third-order valence-corrected chi connectivity index (χ3v) is 3.26. The van der Waals surface area contributed by atoms with Gasteiger partial charge in [-0.2, -0.15) is 0 Å². The second-order valence-electron chi connectivity index (χ2n) is 4.68. The number of methoxy groups -OCH3 is 1. The average molecular weight is 300 g/mol. The molecule has 0 fully saturated rings. The van der Waals surface area contributed by atoms with E-state index in [9.17, 15) is 20.1 Å². The van der Waals surface area contributed by atoms with E-state index in [0.717, 1.165) is 12.1 Å². The minimum absolute atomic E-state index is 0.000946. The normalized spacial score (nSPS) is 10.8. The van der Waals surface area contributed by atoms with Crippen LogP contribution in [0.1, 0.15) is 0 Å². The summed E-state index contributed by atoms with van der Waals surface area (Å²) in [4.78, 5) is 11.5. The summed E-state index contributed by atoms with van der Waals surface area (Å²) in [5.41, 5.74) is 0.0802. The quantitative estimate of drug-likeness (QED) is 0.672. The molecule has 3 rings (SSSR count). The first-order valence-corrected chi connectivity index (χ1v) is 6.37. The average Bonchev–Trinajstić information content (AvgIpc) is 2.47. The van der Waals surface area contributed by atoms with Gasteiger partial charge in [-0.1, -0.05) is 0 Å². The second-order valence-corrected chi connectivity index (χ2v) is 4.68. The van der Waals surface area contributed by atoms with Gasteiger partial charge in [0.05, 0.1) is 7.11 Å². The van der Waals surface area contributed by atoms with Gasteiger partial charge in [-0.05, 0) is 24.3 Å². The van der Waals surface area contributed by atoms with E-state index < -0.39 is 5.43 Å². The molecule has 3 N–H and O–H groups in total. The van der Waals surface area contributed by atoms with Crippen LogP contribution < -0.4 is 10.2 Å². The summed E-state index contributed by atoms with van der Waals surface area (Å²) >= 11 is 0. The maximum atomic E-state index is 11.5. The first kappa shape index (κ1) is 13.8. The van der Waals surface area contributed by atoms with Crippen LogP contribution in [0, 0.1) is 0 Å². The highest BCUT2D eigenvalue weighted by molar-refractivity contribution is 5.82. The molecule has 0 atom stereocenters. The van der Waals surface area contributed by atoms with Crippen molar-refractivity contribution in [2.24, 2.45) is 0 Å². The smallest absolute Gasteiger partial charge is 0.205 e. The molecule has 1 aliphatic carbocycles. The predicted octanol–water partition coefficient (Wildman–Crippen LogP) is 2.54. The molecule has 0 spiro atoms. The molecule has 0 aromatic heterocycles. The molecule has 0 unspecified atom stereocenters. The molecule has 22 heavy (non-hydrogen) atoms. The van der Waals surface area contributed by atoms with Crippen LogP contribution in [-0.4, -0.2) is 22.4 Å². The first-order chi connectivity index (χ1) is 10.5. The Morgan fingerprint density at radius 2 is 1.73 bits per heavy atom. The topological polar surface area (TPSA) is 100 Å². The Bertz CT molecular complexity index is 863. The first-order valence-electron chi connectivity index (χ1n) is 6.37. The number of rotatable bonds is 2. The van der Waals surface area contributed by atoms with Gasteiger partial charge < -0.3 is 24.5 Å². The highest BCUT2D eigenvalue weighted by atomic mass is 16.5. The van der Waals surface area contributed by atoms with Gasteiger partial charge in [0.1, 0.15) is 22.8 Å². The van der Waals surface area contributed by atoms with E-state index in [1.807, 2.05) is 0 Å². The molecule has 0 saturated carbocycles. The molecule has 1 aliphatic heterocycles. The highest BCUT2D eigenvalue weighted by Gasteiger charge is 2.25. The van der Waals surface area contributed by atoms with Crippen molar-refractivity contribution >= 4 is 0 Å². The summed E-state index contributed by atoms with van der Waals surface area (Å²) in [6, 6.07) is 8.20. The Balaban J connectivity index is 2.38. The number of aromatic hydroxyl groups is 3. The van der Waals surface area contributed by atoms with Crippen LogP contribution in [0.25, 0.3) is 22.6 Å². The molecule has 112 valence electrons. The molecule has 0 bridgehead atoms. The van der Waals surface area contributed by atoms with Gasteiger partial charge in [-0.3, -0.25) is 4.79 Å². The summed E-state index contributed by atoms with van der Waals surface area (Å²) in [5.74, 6) is -0.410. The standard InChI is InChI=1S/C16H12O6/c1-21-16-14(20)13-11(19)6-10(18)7-12(13)22-15(16)8-2-4-9(17)5-3-8/h2-7,17,19-20H,1H3. The third-order valence-electron chi connectivity index (χ3n) is 3.26. The molecule has 0 radical (unpaired) electrons. The highest BCUT2D eigenvalue weighted by Crippen LogP contribution is 2.48. The van der Waals surface area contributed by atoms with Gasteiger partial charge in [-0.25, -0.2) is 0 Å². The van der Waals surface area contributed by atoms with Gasteiger partial charge in [0.25, 0.3) is 0 Å². The summed E-state index contributed by atoms with van der Waals surface area (Å²) in [6.45, 7) is 0. The van der Waals surface area contributed by atoms with Crippen molar-refractivity contribution in [3.05, 3.63) is 46.6 Å². The fraction of sp³-hybridized carbons (Fsp3) is 0.0625. The largest absolute Gasteiger partial charge is 0.508 e. The minimum Gasteiger partial charge on any atom is -0.508 e. The van der Waals surface area contributed by atoms with Gasteiger partial charge in [-0.15, -0.1) is 0 Å². The van der Waals surface area contributed by atoms with Crippen molar-refractivity contribution in [2.45, 2.75) is 0 Å². The number of benzene rings is 2. The SMILES string of the molecule is COc1c(-c2ccc(O)cc2)oc2cc(=O)cc(O)c-2c1O. The number of hydrogen-bond acceptors (Lipinski definition) is 6. The fourth-order valence-electron chi connectivity index (χ4n) is 2.26.